The van der Waals surface area contributed by atoms with Gasteiger partial charge in [0.2, 0.25) is 15.3 Å². The molecule has 18 heavy (non-hydrogen) atoms. The number of aromatic nitrogens is 3. The van der Waals surface area contributed by atoms with Crippen LogP contribution in [-0.4, -0.2) is 23.4 Å². The number of rotatable bonds is 4. The molecule has 0 amide bonds. The number of sulfonamides is 1. The van der Waals surface area contributed by atoms with Crippen LogP contribution in [0.2, 0.25) is 5.28 Å². The number of thiazole rings is 1. The number of aryl methyl sites for hydroxylation is 1. The first-order valence-corrected chi connectivity index (χ1v) is 7.60. The van der Waals surface area contributed by atoms with Crippen LogP contribution in [0.3, 0.4) is 0 Å². The van der Waals surface area contributed by atoms with E-state index in [4.69, 9.17) is 11.6 Å². The lowest BCUT2D eigenvalue weighted by atomic mass is 10.6. The summed E-state index contributed by atoms with van der Waals surface area (Å²) in [7, 11) is -3.63. The highest BCUT2D eigenvalue weighted by molar-refractivity contribution is 7.89. The standard InChI is InChI=1S/C9H9ClN4O2S2/c1-6-5-17-8(14-6)4-13-18(15,16)7-2-11-9(10)12-3-7/h2-3,5,13H,4H2,1H3. The summed E-state index contributed by atoms with van der Waals surface area (Å²) in [6.07, 6.45) is 2.32. The fourth-order valence-electron chi connectivity index (χ4n) is 1.16. The van der Waals surface area contributed by atoms with Gasteiger partial charge in [0.25, 0.3) is 0 Å². The highest BCUT2D eigenvalue weighted by Crippen LogP contribution is 2.11. The summed E-state index contributed by atoms with van der Waals surface area (Å²) >= 11 is 6.89. The number of nitrogens with zero attached hydrogens (tertiary/aromatic N) is 3. The van der Waals surface area contributed by atoms with E-state index in [0.29, 0.717) is 5.01 Å². The third-order valence-corrected chi connectivity index (χ3v) is 4.50. The van der Waals surface area contributed by atoms with Crippen molar-refractivity contribution in [2.75, 3.05) is 0 Å². The van der Waals surface area contributed by atoms with Crippen molar-refractivity contribution in [1.82, 2.24) is 19.7 Å². The van der Waals surface area contributed by atoms with Gasteiger partial charge in [0.05, 0.1) is 18.9 Å². The molecular weight excluding hydrogens is 296 g/mol. The van der Waals surface area contributed by atoms with Crippen molar-refractivity contribution in [3.63, 3.8) is 0 Å². The van der Waals surface area contributed by atoms with Gasteiger partial charge in [-0.2, -0.15) is 0 Å². The van der Waals surface area contributed by atoms with E-state index in [9.17, 15) is 8.42 Å². The predicted octanol–water partition coefficient (Wildman–Crippen LogP) is 1.37. The van der Waals surface area contributed by atoms with Crippen LogP contribution in [-0.2, 0) is 16.6 Å². The summed E-state index contributed by atoms with van der Waals surface area (Å²) in [6.45, 7) is 1.99. The van der Waals surface area contributed by atoms with Gasteiger partial charge in [0, 0.05) is 11.1 Å². The van der Waals surface area contributed by atoms with E-state index in [1.54, 1.807) is 0 Å². The molecule has 1 N–H and O–H groups in total. The Morgan fingerprint density at radius 2 is 2.06 bits per heavy atom. The first-order valence-electron chi connectivity index (χ1n) is 4.85. The maximum absolute atomic E-state index is 11.9. The second kappa shape index (κ2) is 5.27. The Balaban J connectivity index is 2.10. The Bertz CT molecular complexity index is 639. The highest BCUT2D eigenvalue weighted by Gasteiger charge is 2.15. The SMILES string of the molecule is Cc1csc(CNS(=O)(=O)c2cnc(Cl)nc2)n1. The van der Waals surface area contributed by atoms with Crippen molar-refractivity contribution < 1.29 is 8.42 Å². The maximum atomic E-state index is 11.9. The zero-order chi connectivity index (χ0) is 13.2. The first kappa shape index (κ1) is 13.3. The van der Waals surface area contributed by atoms with E-state index in [-0.39, 0.29) is 16.7 Å². The van der Waals surface area contributed by atoms with Gasteiger partial charge < -0.3 is 0 Å². The molecule has 0 aliphatic carbocycles. The normalized spacial score (nSPS) is 11.7. The zero-order valence-electron chi connectivity index (χ0n) is 9.29. The smallest absolute Gasteiger partial charge is 0.244 e. The fourth-order valence-corrected chi connectivity index (χ4v) is 2.94. The Morgan fingerprint density at radius 1 is 1.39 bits per heavy atom. The molecular formula is C9H9ClN4O2S2. The second-order valence-electron chi connectivity index (χ2n) is 3.39. The Labute approximate surface area is 113 Å². The van der Waals surface area contributed by atoms with Crippen LogP contribution in [0, 0.1) is 6.92 Å². The Morgan fingerprint density at radius 3 is 2.61 bits per heavy atom. The van der Waals surface area contributed by atoms with Crippen LogP contribution in [0.1, 0.15) is 10.7 Å². The highest BCUT2D eigenvalue weighted by atomic mass is 35.5. The van der Waals surface area contributed by atoms with E-state index in [0.717, 1.165) is 18.1 Å². The minimum absolute atomic E-state index is 0.00417. The number of halogens is 1. The molecule has 0 spiro atoms. The summed E-state index contributed by atoms with van der Waals surface area (Å²) < 4.78 is 26.2. The molecule has 0 bridgehead atoms. The maximum Gasteiger partial charge on any atom is 0.244 e. The van der Waals surface area contributed by atoms with Crippen molar-refractivity contribution in [2.24, 2.45) is 0 Å². The molecule has 0 aliphatic rings. The molecule has 6 nitrogen and oxygen atoms in total. The van der Waals surface area contributed by atoms with Gasteiger partial charge in [-0.25, -0.2) is 28.1 Å². The largest absolute Gasteiger partial charge is 0.245 e. The molecule has 0 saturated heterocycles. The lowest BCUT2D eigenvalue weighted by molar-refractivity contribution is 0.580. The average molecular weight is 305 g/mol. The van der Waals surface area contributed by atoms with Crippen molar-refractivity contribution in [2.45, 2.75) is 18.4 Å². The van der Waals surface area contributed by atoms with Crippen LogP contribution in [0.15, 0.2) is 22.7 Å². The predicted molar refractivity (Wildman–Crippen MR) is 67.9 cm³/mol. The molecule has 0 unspecified atom stereocenters. The summed E-state index contributed by atoms with van der Waals surface area (Å²) in [5.41, 5.74) is 0.865. The lowest BCUT2D eigenvalue weighted by Crippen LogP contribution is -2.23. The first-order chi connectivity index (χ1) is 8.47. The Hall–Kier alpha value is -1.09. The Kier molecular flexibility index (Phi) is 3.91. The van der Waals surface area contributed by atoms with Crippen molar-refractivity contribution in [3.8, 4) is 0 Å². The fraction of sp³-hybridized carbons (Fsp3) is 0.222. The van der Waals surface area contributed by atoms with E-state index in [1.165, 1.54) is 11.3 Å². The zero-order valence-corrected chi connectivity index (χ0v) is 11.7. The summed E-state index contributed by atoms with van der Waals surface area (Å²) in [6, 6.07) is 0. The summed E-state index contributed by atoms with van der Waals surface area (Å²) in [5, 5.41) is 2.56. The van der Waals surface area contributed by atoms with Crippen LogP contribution >= 0.6 is 22.9 Å². The molecule has 9 heteroatoms. The molecule has 96 valence electrons. The number of nitrogens with one attached hydrogen (secondary N) is 1. The molecule has 2 heterocycles. The molecule has 0 aliphatic heterocycles. The van der Waals surface area contributed by atoms with E-state index >= 15 is 0 Å². The van der Waals surface area contributed by atoms with Gasteiger partial charge in [0.15, 0.2) is 0 Å². The van der Waals surface area contributed by atoms with Crippen LogP contribution in [0.4, 0.5) is 0 Å². The van der Waals surface area contributed by atoms with Gasteiger partial charge in [0.1, 0.15) is 9.90 Å². The second-order valence-corrected chi connectivity index (χ2v) is 6.44. The van der Waals surface area contributed by atoms with Crippen molar-refractivity contribution in [3.05, 3.63) is 33.8 Å². The molecule has 2 aromatic rings. The topological polar surface area (TPSA) is 84.8 Å². The van der Waals surface area contributed by atoms with Gasteiger partial charge >= 0.3 is 0 Å². The van der Waals surface area contributed by atoms with Crippen LogP contribution in [0.25, 0.3) is 0 Å². The summed E-state index contributed by atoms with van der Waals surface area (Å²) in [4.78, 5) is 11.4. The number of hydrogen-bond donors (Lipinski definition) is 1. The van der Waals surface area contributed by atoms with E-state index < -0.39 is 10.0 Å². The van der Waals surface area contributed by atoms with Crippen LogP contribution in [0.5, 0.6) is 0 Å². The summed E-state index contributed by atoms with van der Waals surface area (Å²) in [5.74, 6) is 0. The van der Waals surface area contributed by atoms with Gasteiger partial charge in [-0.1, -0.05) is 0 Å². The van der Waals surface area contributed by atoms with Crippen molar-refractivity contribution in [1.29, 1.82) is 0 Å². The third-order valence-electron chi connectivity index (χ3n) is 1.99. The molecule has 0 saturated carbocycles. The molecule has 0 aromatic carbocycles. The minimum atomic E-state index is -3.63. The molecule has 0 fully saturated rings. The monoisotopic (exact) mass is 304 g/mol. The molecule has 2 rings (SSSR count). The van der Waals surface area contributed by atoms with Crippen molar-refractivity contribution >= 4 is 33.0 Å². The van der Waals surface area contributed by atoms with Gasteiger partial charge in [-0.3, -0.25) is 0 Å². The van der Waals surface area contributed by atoms with Gasteiger partial charge in [-0.15, -0.1) is 11.3 Å². The van der Waals surface area contributed by atoms with E-state index in [2.05, 4.69) is 19.7 Å². The third kappa shape index (κ3) is 3.22. The van der Waals surface area contributed by atoms with Crippen LogP contribution < -0.4 is 4.72 Å². The molecule has 2 aromatic heterocycles. The lowest BCUT2D eigenvalue weighted by Gasteiger charge is -2.03. The number of hydrogen-bond acceptors (Lipinski definition) is 6. The molecule has 0 radical (unpaired) electrons. The minimum Gasteiger partial charge on any atom is -0.245 e. The van der Waals surface area contributed by atoms with Gasteiger partial charge in [-0.05, 0) is 18.5 Å². The quantitative estimate of drug-likeness (QED) is 0.862. The molecule has 0 atom stereocenters. The average Bonchev–Trinajstić information content (AvgIpc) is 2.73. The van der Waals surface area contributed by atoms with E-state index in [1.807, 2.05) is 12.3 Å².